The topological polar surface area (TPSA) is 29.3 Å². The molecule has 0 radical (unpaired) electrons. The van der Waals surface area contributed by atoms with Crippen LogP contribution in [0, 0.1) is 5.92 Å². The first-order chi connectivity index (χ1) is 9.65. The third-order valence-electron chi connectivity index (χ3n) is 4.41. The summed E-state index contributed by atoms with van der Waals surface area (Å²) in [7, 11) is 2.24. The van der Waals surface area contributed by atoms with E-state index in [9.17, 15) is 0 Å². The minimum Gasteiger partial charge on any atom is -0.324 e. The lowest BCUT2D eigenvalue weighted by Gasteiger charge is -2.27. The van der Waals surface area contributed by atoms with Crippen molar-refractivity contribution in [3.8, 4) is 0 Å². The van der Waals surface area contributed by atoms with Crippen LogP contribution in [0.5, 0.6) is 0 Å². The molecule has 0 amide bonds. The predicted octanol–water partition coefficient (Wildman–Crippen LogP) is 4.35. The SMILES string of the molecule is CN(CCC(N)c1ccc(Br)cc1)CC1CCCCC1. The van der Waals surface area contributed by atoms with Gasteiger partial charge in [0.25, 0.3) is 0 Å². The van der Waals surface area contributed by atoms with Crippen LogP contribution in [-0.2, 0) is 0 Å². The third-order valence-corrected chi connectivity index (χ3v) is 4.94. The van der Waals surface area contributed by atoms with Gasteiger partial charge in [0, 0.05) is 17.1 Å². The zero-order valence-corrected chi connectivity index (χ0v) is 14.1. The van der Waals surface area contributed by atoms with Crippen molar-refractivity contribution in [2.75, 3.05) is 20.1 Å². The number of rotatable bonds is 6. The summed E-state index contributed by atoms with van der Waals surface area (Å²) in [6.07, 6.45) is 8.17. The highest BCUT2D eigenvalue weighted by atomic mass is 79.9. The Morgan fingerprint density at radius 3 is 2.50 bits per heavy atom. The predicted molar refractivity (Wildman–Crippen MR) is 89.8 cm³/mol. The van der Waals surface area contributed by atoms with E-state index in [1.165, 1.54) is 44.2 Å². The zero-order valence-electron chi connectivity index (χ0n) is 12.5. The second-order valence-electron chi connectivity index (χ2n) is 6.21. The zero-order chi connectivity index (χ0) is 14.4. The van der Waals surface area contributed by atoms with Gasteiger partial charge in [-0.2, -0.15) is 0 Å². The molecule has 0 aliphatic heterocycles. The van der Waals surface area contributed by atoms with E-state index in [0.717, 1.165) is 23.4 Å². The van der Waals surface area contributed by atoms with Crippen LogP contribution in [0.4, 0.5) is 0 Å². The van der Waals surface area contributed by atoms with Crippen LogP contribution in [0.2, 0.25) is 0 Å². The summed E-state index contributed by atoms with van der Waals surface area (Å²) in [5.41, 5.74) is 7.52. The van der Waals surface area contributed by atoms with Crippen LogP contribution in [0.25, 0.3) is 0 Å². The fraction of sp³-hybridized carbons (Fsp3) is 0.647. The third kappa shape index (κ3) is 5.19. The molecule has 1 aliphatic rings. The Bertz CT molecular complexity index is 384. The van der Waals surface area contributed by atoms with Gasteiger partial charge in [-0.05, 0) is 56.5 Å². The number of halogens is 1. The Morgan fingerprint density at radius 2 is 1.85 bits per heavy atom. The minimum absolute atomic E-state index is 0.150. The summed E-state index contributed by atoms with van der Waals surface area (Å²) >= 11 is 3.46. The van der Waals surface area contributed by atoms with E-state index in [1.54, 1.807) is 0 Å². The van der Waals surface area contributed by atoms with Gasteiger partial charge >= 0.3 is 0 Å². The summed E-state index contributed by atoms with van der Waals surface area (Å²) in [5.74, 6) is 0.914. The largest absolute Gasteiger partial charge is 0.324 e. The van der Waals surface area contributed by atoms with E-state index in [0.29, 0.717) is 0 Å². The molecule has 1 atom stereocenters. The molecule has 0 bridgehead atoms. The summed E-state index contributed by atoms with van der Waals surface area (Å²) in [6.45, 7) is 2.33. The molecule has 0 spiro atoms. The number of nitrogens with two attached hydrogens (primary N) is 1. The van der Waals surface area contributed by atoms with Gasteiger partial charge in [-0.1, -0.05) is 47.3 Å². The van der Waals surface area contributed by atoms with Gasteiger partial charge in [-0.3, -0.25) is 0 Å². The maximum atomic E-state index is 6.28. The van der Waals surface area contributed by atoms with Crippen molar-refractivity contribution >= 4 is 15.9 Å². The fourth-order valence-corrected chi connectivity index (χ4v) is 3.40. The van der Waals surface area contributed by atoms with E-state index in [4.69, 9.17) is 5.73 Å². The van der Waals surface area contributed by atoms with Gasteiger partial charge in [-0.25, -0.2) is 0 Å². The lowest BCUT2D eigenvalue weighted by molar-refractivity contribution is 0.228. The molecule has 2 N–H and O–H groups in total. The first-order valence-electron chi connectivity index (χ1n) is 7.85. The van der Waals surface area contributed by atoms with Crippen LogP contribution >= 0.6 is 15.9 Å². The van der Waals surface area contributed by atoms with Crippen LogP contribution in [0.15, 0.2) is 28.7 Å². The molecule has 1 aromatic carbocycles. The molecule has 1 saturated carbocycles. The number of hydrogen-bond acceptors (Lipinski definition) is 2. The Kier molecular flexibility index (Phi) is 6.53. The Balaban J connectivity index is 1.71. The Morgan fingerprint density at radius 1 is 1.20 bits per heavy atom. The summed E-state index contributed by atoms with van der Waals surface area (Å²) in [4.78, 5) is 2.47. The molecule has 1 aliphatic carbocycles. The van der Waals surface area contributed by atoms with Gasteiger partial charge in [0.05, 0.1) is 0 Å². The van der Waals surface area contributed by atoms with E-state index in [-0.39, 0.29) is 6.04 Å². The lowest BCUT2D eigenvalue weighted by atomic mass is 9.89. The molecule has 112 valence electrons. The van der Waals surface area contributed by atoms with Crippen LogP contribution in [0.1, 0.15) is 50.1 Å². The monoisotopic (exact) mass is 338 g/mol. The number of benzene rings is 1. The maximum Gasteiger partial charge on any atom is 0.0307 e. The van der Waals surface area contributed by atoms with Crippen molar-refractivity contribution in [2.24, 2.45) is 11.7 Å². The van der Waals surface area contributed by atoms with Crippen LogP contribution in [-0.4, -0.2) is 25.0 Å². The van der Waals surface area contributed by atoms with E-state index < -0.39 is 0 Å². The summed E-state index contributed by atoms with van der Waals surface area (Å²) in [5, 5.41) is 0. The lowest BCUT2D eigenvalue weighted by Crippen LogP contribution is -2.29. The van der Waals surface area contributed by atoms with E-state index in [1.807, 2.05) is 0 Å². The van der Waals surface area contributed by atoms with Crippen molar-refractivity contribution in [3.63, 3.8) is 0 Å². The van der Waals surface area contributed by atoms with Crippen molar-refractivity contribution in [2.45, 2.75) is 44.6 Å². The number of nitrogens with zero attached hydrogens (tertiary/aromatic N) is 1. The molecule has 0 saturated heterocycles. The van der Waals surface area contributed by atoms with Crippen LogP contribution < -0.4 is 5.73 Å². The van der Waals surface area contributed by atoms with Crippen molar-refractivity contribution in [1.82, 2.24) is 4.90 Å². The molecule has 1 aromatic rings. The van der Waals surface area contributed by atoms with Gasteiger partial charge in [0.15, 0.2) is 0 Å². The summed E-state index contributed by atoms with van der Waals surface area (Å²) < 4.78 is 1.11. The van der Waals surface area contributed by atoms with Crippen molar-refractivity contribution in [3.05, 3.63) is 34.3 Å². The smallest absolute Gasteiger partial charge is 0.0307 e. The first-order valence-corrected chi connectivity index (χ1v) is 8.64. The number of hydrogen-bond donors (Lipinski definition) is 1. The summed E-state index contributed by atoms with van der Waals surface area (Å²) in [6, 6.07) is 8.53. The molecule has 2 nitrogen and oxygen atoms in total. The Hall–Kier alpha value is -0.380. The van der Waals surface area contributed by atoms with Gasteiger partial charge in [-0.15, -0.1) is 0 Å². The highest BCUT2D eigenvalue weighted by Gasteiger charge is 2.16. The quantitative estimate of drug-likeness (QED) is 0.835. The van der Waals surface area contributed by atoms with Gasteiger partial charge in [0.2, 0.25) is 0 Å². The molecule has 1 fully saturated rings. The van der Waals surface area contributed by atoms with Crippen LogP contribution in [0.3, 0.4) is 0 Å². The van der Waals surface area contributed by atoms with Gasteiger partial charge in [0.1, 0.15) is 0 Å². The first kappa shape index (κ1) is 16.0. The molecule has 0 aromatic heterocycles. The second-order valence-corrected chi connectivity index (χ2v) is 7.13. The fourth-order valence-electron chi connectivity index (χ4n) is 3.14. The van der Waals surface area contributed by atoms with Crippen molar-refractivity contribution in [1.29, 1.82) is 0 Å². The van der Waals surface area contributed by atoms with Crippen molar-refractivity contribution < 1.29 is 0 Å². The maximum absolute atomic E-state index is 6.28. The highest BCUT2D eigenvalue weighted by Crippen LogP contribution is 2.24. The molecule has 3 heteroatoms. The van der Waals surface area contributed by atoms with Gasteiger partial charge < -0.3 is 10.6 Å². The molecule has 0 heterocycles. The highest BCUT2D eigenvalue weighted by molar-refractivity contribution is 9.10. The second kappa shape index (κ2) is 8.16. The molecular formula is C17H27BrN2. The average molecular weight is 339 g/mol. The molecule has 2 rings (SSSR count). The molecule has 1 unspecified atom stereocenters. The average Bonchev–Trinajstić information content (AvgIpc) is 2.46. The van der Waals surface area contributed by atoms with E-state index in [2.05, 4.69) is 52.1 Å². The normalized spacial score (nSPS) is 18.4. The molecular weight excluding hydrogens is 312 g/mol. The Labute approximate surface area is 131 Å². The standard InChI is InChI=1S/C17H27BrN2/c1-20(13-14-5-3-2-4-6-14)12-11-17(19)15-7-9-16(18)10-8-15/h7-10,14,17H,2-6,11-13,19H2,1H3. The molecule has 20 heavy (non-hydrogen) atoms. The minimum atomic E-state index is 0.150. The van der Waals surface area contributed by atoms with E-state index >= 15 is 0 Å².